The number of methoxy groups -OCH3 is 1. The Labute approximate surface area is 221 Å². The lowest BCUT2D eigenvalue weighted by Crippen LogP contribution is -2.38. The number of hydrogen-bond acceptors (Lipinski definition) is 8. The zero-order chi connectivity index (χ0) is 26.5. The van der Waals surface area contributed by atoms with E-state index < -0.39 is 0 Å². The second-order valence-corrected chi connectivity index (χ2v) is 9.13. The standard InChI is InChI=1S/C28H32N6O4/c1-4-25-23-5-6-26(31-27(23)33-32-25)24-15-20(17-29-18(24)2)30-28(35)19-13-21(36-3)16-22(14-19)38-12-9-34-7-10-37-11-8-34/h5-6,13-17H,4,7-12H2,1-3H3,(H,30,35)(H,31,32,33). The summed E-state index contributed by atoms with van der Waals surface area (Å²) in [4.78, 5) is 24.7. The zero-order valence-electron chi connectivity index (χ0n) is 21.9. The van der Waals surface area contributed by atoms with Crippen molar-refractivity contribution in [3.05, 3.63) is 59.5 Å². The predicted octanol–water partition coefficient (Wildman–Crippen LogP) is 3.86. The van der Waals surface area contributed by atoms with E-state index in [1.165, 1.54) is 0 Å². The first-order valence-electron chi connectivity index (χ1n) is 12.8. The first-order chi connectivity index (χ1) is 18.5. The highest BCUT2D eigenvalue weighted by Crippen LogP contribution is 2.27. The van der Waals surface area contributed by atoms with Gasteiger partial charge in [0, 0.05) is 47.9 Å². The largest absolute Gasteiger partial charge is 0.497 e. The van der Waals surface area contributed by atoms with Gasteiger partial charge in [-0.2, -0.15) is 5.10 Å². The number of ether oxygens (including phenoxy) is 3. The summed E-state index contributed by atoms with van der Waals surface area (Å²) in [5, 5.41) is 11.3. The Balaban J connectivity index is 1.31. The van der Waals surface area contributed by atoms with Crippen LogP contribution in [-0.4, -0.2) is 77.5 Å². The summed E-state index contributed by atoms with van der Waals surface area (Å²) in [7, 11) is 1.57. The summed E-state index contributed by atoms with van der Waals surface area (Å²) < 4.78 is 16.8. The van der Waals surface area contributed by atoms with Crippen molar-refractivity contribution in [1.29, 1.82) is 0 Å². The molecule has 10 nitrogen and oxygen atoms in total. The van der Waals surface area contributed by atoms with Gasteiger partial charge in [0.25, 0.3) is 5.91 Å². The summed E-state index contributed by atoms with van der Waals surface area (Å²) in [6.07, 6.45) is 2.47. The van der Waals surface area contributed by atoms with Crippen LogP contribution in [0.1, 0.15) is 28.7 Å². The molecule has 4 aromatic rings. The normalized spacial score (nSPS) is 14.0. The van der Waals surface area contributed by atoms with Crippen molar-refractivity contribution in [3.8, 4) is 22.8 Å². The number of amides is 1. The average Bonchev–Trinajstić information content (AvgIpc) is 3.37. The van der Waals surface area contributed by atoms with Gasteiger partial charge in [-0.15, -0.1) is 0 Å². The molecule has 1 saturated heterocycles. The molecule has 1 aromatic carbocycles. The van der Waals surface area contributed by atoms with E-state index in [2.05, 4.69) is 32.3 Å². The van der Waals surface area contributed by atoms with E-state index in [0.29, 0.717) is 29.4 Å². The number of aromatic nitrogens is 4. The number of carbonyl (C=O) groups excluding carboxylic acids is 1. The van der Waals surface area contributed by atoms with Crippen molar-refractivity contribution in [1.82, 2.24) is 25.1 Å². The van der Waals surface area contributed by atoms with E-state index in [4.69, 9.17) is 19.2 Å². The number of anilines is 1. The fourth-order valence-electron chi connectivity index (χ4n) is 4.46. The van der Waals surface area contributed by atoms with Gasteiger partial charge in [-0.1, -0.05) is 6.92 Å². The third-order valence-electron chi connectivity index (χ3n) is 6.62. The number of morpholine rings is 1. The van der Waals surface area contributed by atoms with E-state index in [9.17, 15) is 4.79 Å². The number of pyridine rings is 2. The highest BCUT2D eigenvalue weighted by atomic mass is 16.5. The molecule has 0 aliphatic carbocycles. The number of aromatic amines is 1. The molecule has 5 rings (SSSR count). The van der Waals surface area contributed by atoms with Crippen LogP contribution in [0, 0.1) is 6.92 Å². The van der Waals surface area contributed by atoms with Gasteiger partial charge in [0.1, 0.15) is 18.1 Å². The molecule has 38 heavy (non-hydrogen) atoms. The average molecular weight is 517 g/mol. The molecule has 3 aromatic heterocycles. The molecule has 10 heteroatoms. The molecule has 1 fully saturated rings. The van der Waals surface area contributed by atoms with Gasteiger partial charge in [0.2, 0.25) is 0 Å². The fourth-order valence-corrected chi connectivity index (χ4v) is 4.46. The molecule has 0 atom stereocenters. The molecule has 0 spiro atoms. The molecular formula is C28H32N6O4. The minimum atomic E-state index is -0.289. The van der Waals surface area contributed by atoms with Crippen LogP contribution in [0.15, 0.2) is 42.6 Å². The molecule has 198 valence electrons. The number of H-pyrrole nitrogens is 1. The van der Waals surface area contributed by atoms with Gasteiger partial charge < -0.3 is 19.5 Å². The zero-order valence-corrected chi connectivity index (χ0v) is 21.9. The van der Waals surface area contributed by atoms with E-state index in [1.807, 2.05) is 25.1 Å². The Hall–Kier alpha value is -4.02. The lowest BCUT2D eigenvalue weighted by atomic mass is 10.1. The minimum Gasteiger partial charge on any atom is -0.497 e. The Morgan fingerprint density at radius 2 is 1.97 bits per heavy atom. The maximum absolute atomic E-state index is 13.2. The maximum Gasteiger partial charge on any atom is 0.255 e. The van der Waals surface area contributed by atoms with Gasteiger partial charge in [0.15, 0.2) is 5.65 Å². The number of hydrogen-bond donors (Lipinski definition) is 2. The number of nitrogens with zero attached hydrogens (tertiary/aromatic N) is 4. The fraction of sp³-hybridized carbons (Fsp3) is 0.357. The van der Waals surface area contributed by atoms with Crippen molar-refractivity contribution < 1.29 is 19.0 Å². The van der Waals surface area contributed by atoms with Crippen LogP contribution < -0.4 is 14.8 Å². The molecule has 0 unspecified atom stereocenters. The monoisotopic (exact) mass is 516 g/mol. The van der Waals surface area contributed by atoms with Crippen molar-refractivity contribution in [2.45, 2.75) is 20.3 Å². The van der Waals surface area contributed by atoms with Crippen LogP contribution in [-0.2, 0) is 11.2 Å². The predicted molar refractivity (Wildman–Crippen MR) is 145 cm³/mol. The van der Waals surface area contributed by atoms with Crippen LogP contribution in [0.5, 0.6) is 11.5 Å². The Kier molecular flexibility index (Phi) is 7.81. The van der Waals surface area contributed by atoms with E-state index in [0.717, 1.165) is 72.9 Å². The van der Waals surface area contributed by atoms with E-state index in [-0.39, 0.29) is 5.91 Å². The molecule has 4 heterocycles. The van der Waals surface area contributed by atoms with E-state index >= 15 is 0 Å². The van der Waals surface area contributed by atoms with Crippen LogP contribution in [0.25, 0.3) is 22.3 Å². The Morgan fingerprint density at radius 3 is 2.76 bits per heavy atom. The molecule has 1 aliphatic rings. The highest BCUT2D eigenvalue weighted by Gasteiger charge is 2.15. The second-order valence-electron chi connectivity index (χ2n) is 9.13. The van der Waals surface area contributed by atoms with Gasteiger partial charge in [-0.25, -0.2) is 4.98 Å². The molecule has 0 bridgehead atoms. The summed E-state index contributed by atoms with van der Waals surface area (Å²) in [6.45, 7) is 8.55. The lowest BCUT2D eigenvalue weighted by molar-refractivity contribution is 0.0322. The molecule has 0 saturated carbocycles. The SMILES string of the molecule is CCc1n[nH]c2nc(-c3cc(NC(=O)c4cc(OC)cc(OCCN5CCOCC5)c4)cnc3C)ccc12. The number of carbonyl (C=O) groups is 1. The summed E-state index contributed by atoms with van der Waals surface area (Å²) in [5.41, 5.74) is 5.09. The van der Waals surface area contributed by atoms with Crippen LogP contribution in [0.2, 0.25) is 0 Å². The number of benzene rings is 1. The summed E-state index contributed by atoms with van der Waals surface area (Å²) in [6, 6.07) is 11.0. The van der Waals surface area contributed by atoms with Gasteiger partial charge in [-0.05, 0) is 43.7 Å². The first-order valence-corrected chi connectivity index (χ1v) is 12.8. The van der Waals surface area contributed by atoms with Crippen molar-refractivity contribution in [2.75, 3.05) is 51.9 Å². The minimum absolute atomic E-state index is 0.289. The third-order valence-corrected chi connectivity index (χ3v) is 6.62. The molecule has 2 N–H and O–H groups in total. The molecular weight excluding hydrogens is 484 g/mol. The quantitative estimate of drug-likeness (QED) is 0.345. The Morgan fingerprint density at radius 1 is 1.16 bits per heavy atom. The van der Waals surface area contributed by atoms with E-state index in [1.54, 1.807) is 31.5 Å². The maximum atomic E-state index is 13.2. The number of rotatable bonds is 9. The number of fused-ring (bicyclic) bond motifs is 1. The van der Waals surface area contributed by atoms with Gasteiger partial charge in [0.05, 0.1) is 43.6 Å². The summed E-state index contributed by atoms with van der Waals surface area (Å²) >= 11 is 0. The van der Waals surface area contributed by atoms with Crippen molar-refractivity contribution in [3.63, 3.8) is 0 Å². The summed E-state index contributed by atoms with van der Waals surface area (Å²) in [5.74, 6) is 0.835. The Bertz CT molecular complexity index is 1430. The topological polar surface area (TPSA) is 114 Å². The molecule has 1 aliphatic heterocycles. The lowest BCUT2D eigenvalue weighted by Gasteiger charge is -2.26. The van der Waals surface area contributed by atoms with Crippen LogP contribution in [0.4, 0.5) is 5.69 Å². The third kappa shape index (κ3) is 5.76. The van der Waals surface area contributed by atoms with Crippen molar-refractivity contribution in [2.24, 2.45) is 0 Å². The van der Waals surface area contributed by atoms with Gasteiger partial charge >= 0.3 is 0 Å². The smallest absolute Gasteiger partial charge is 0.255 e. The number of aryl methyl sites for hydroxylation is 2. The van der Waals surface area contributed by atoms with Crippen molar-refractivity contribution >= 4 is 22.6 Å². The highest BCUT2D eigenvalue weighted by molar-refractivity contribution is 6.05. The first kappa shape index (κ1) is 25.6. The molecule has 1 amide bonds. The van der Waals surface area contributed by atoms with Crippen LogP contribution in [0.3, 0.4) is 0 Å². The second kappa shape index (κ2) is 11.6. The molecule has 0 radical (unpaired) electrons. The number of nitrogens with one attached hydrogen (secondary N) is 2. The van der Waals surface area contributed by atoms with Gasteiger partial charge in [-0.3, -0.25) is 19.8 Å². The van der Waals surface area contributed by atoms with Crippen LogP contribution >= 0.6 is 0 Å².